The zero-order chi connectivity index (χ0) is 45.6. The third kappa shape index (κ3) is 12.7. The molecule has 12 N–H and O–H groups in total. The fourth-order valence-electron chi connectivity index (χ4n) is 7.18. The van der Waals surface area contributed by atoms with Gasteiger partial charge in [0.05, 0.1) is 12.6 Å². The van der Waals surface area contributed by atoms with Gasteiger partial charge < -0.3 is 57.6 Å². The molecule has 0 saturated heterocycles. The second-order valence-corrected chi connectivity index (χ2v) is 15.5. The number of para-hydroxylation sites is 2. The molecule has 63 heavy (non-hydrogen) atoms. The van der Waals surface area contributed by atoms with E-state index in [1.54, 1.807) is 68.7 Å². The minimum absolute atomic E-state index is 0.102. The number of carbonyl (C=O) groups is 7. The van der Waals surface area contributed by atoms with Gasteiger partial charge in [0.15, 0.2) is 0 Å². The molecule has 18 heteroatoms. The third-order valence-electron chi connectivity index (χ3n) is 11.0. The van der Waals surface area contributed by atoms with E-state index in [2.05, 4.69) is 36.6 Å². The van der Waals surface area contributed by atoms with Crippen LogP contribution in [0.15, 0.2) is 91.3 Å². The summed E-state index contributed by atoms with van der Waals surface area (Å²) < 4.78 is 0. The number of nitrogens with two attached hydrogens (primary N) is 1. The van der Waals surface area contributed by atoms with Crippen molar-refractivity contribution in [2.24, 2.45) is 11.7 Å². The SMILES string of the molecule is CC[C@H](C)[C@H](NC(=O)[C@H](CO)NC(=O)[C@@H](N)Cc1c[nH]c2ccccc12)C(=O)N[C@@H](Cc1ccccc1)C(=O)N[C@@H](CCC(=O)O)C(=O)N[C@@H](Cc1c[nH]c2ccccc12)C(=O)O. The minimum atomic E-state index is -1.53. The first-order chi connectivity index (χ1) is 30.2. The van der Waals surface area contributed by atoms with Gasteiger partial charge in [0.2, 0.25) is 29.5 Å². The van der Waals surface area contributed by atoms with Crippen molar-refractivity contribution >= 4 is 63.3 Å². The van der Waals surface area contributed by atoms with Crippen molar-refractivity contribution in [1.29, 1.82) is 0 Å². The normalized spacial score (nSPS) is 14.6. The fraction of sp³-hybridized carbons (Fsp3) is 0.356. The van der Waals surface area contributed by atoms with Crippen molar-refractivity contribution in [1.82, 2.24) is 36.6 Å². The number of fused-ring (bicyclic) bond motifs is 2. The van der Waals surface area contributed by atoms with Crippen LogP contribution in [0.4, 0.5) is 0 Å². The van der Waals surface area contributed by atoms with E-state index in [1.807, 2.05) is 36.4 Å². The molecule has 5 amide bonds. The van der Waals surface area contributed by atoms with Gasteiger partial charge in [0.1, 0.15) is 30.2 Å². The van der Waals surface area contributed by atoms with Crippen LogP contribution in [0.25, 0.3) is 21.8 Å². The van der Waals surface area contributed by atoms with Crippen LogP contribution in [0.2, 0.25) is 0 Å². The van der Waals surface area contributed by atoms with Gasteiger partial charge in [-0.1, -0.05) is 87.0 Å². The first-order valence-electron chi connectivity index (χ1n) is 20.7. The average molecular weight is 867 g/mol. The highest BCUT2D eigenvalue weighted by molar-refractivity contribution is 5.97. The highest BCUT2D eigenvalue weighted by Crippen LogP contribution is 2.21. The van der Waals surface area contributed by atoms with Gasteiger partial charge in [-0.05, 0) is 47.6 Å². The molecule has 0 aliphatic carbocycles. The van der Waals surface area contributed by atoms with E-state index < -0.39 is 103 Å². The zero-order valence-corrected chi connectivity index (χ0v) is 34.9. The van der Waals surface area contributed by atoms with Crippen molar-refractivity contribution < 1.29 is 48.9 Å². The van der Waals surface area contributed by atoms with E-state index >= 15 is 0 Å². The number of aromatic amines is 2. The summed E-state index contributed by atoms with van der Waals surface area (Å²) in [6.07, 6.45) is 2.67. The molecule has 0 saturated carbocycles. The zero-order valence-electron chi connectivity index (χ0n) is 34.9. The molecular formula is C45H54N8O10. The van der Waals surface area contributed by atoms with Gasteiger partial charge in [0.25, 0.3) is 0 Å². The molecule has 2 heterocycles. The van der Waals surface area contributed by atoms with Crippen LogP contribution in [0, 0.1) is 5.92 Å². The molecule has 0 aliphatic heterocycles. The highest BCUT2D eigenvalue weighted by Gasteiger charge is 2.35. The number of aliphatic carboxylic acids is 2. The number of aliphatic hydroxyl groups excluding tert-OH is 1. The third-order valence-corrected chi connectivity index (χ3v) is 11.0. The van der Waals surface area contributed by atoms with E-state index in [0.29, 0.717) is 17.5 Å². The van der Waals surface area contributed by atoms with Gasteiger partial charge in [0, 0.05) is 53.5 Å². The molecule has 0 fully saturated rings. The number of carboxylic acids is 2. The van der Waals surface area contributed by atoms with Crippen LogP contribution < -0.4 is 32.3 Å². The molecule has 5 rings (SSSR count). The predicted octanol–water partition coefficient (Wildman–Crippen LogP) is 1.42. The Kier molecular flexibility index (Phi) is 16.5. The number of aliphatic hydroxyl groups is 1. The Hall–Kier alpha value is -7.05. The Balaban J connectivity index is 1.30. The van der Waals surface area contributed by atoms with Crippen LogP contribution in [0.3, 0.4) is 0 Å². The maximum Gasteiger partial charge on any atom is 0.326 e. The Morgan fingerprint density at radius 1 is 0.603 bits per heavy atom. The van der Waals surface area contributed by atoms with Gasteiger partial charge in [-0.3, -0.25) is 28.8 Å². The number of hydrogen-bond acceptors (Lipinski definition) is 9. The maximum atomic E-state index is 14.1. The Bertz CT molecular complexity index is 2400. The smallest absolute Gasteiger partial charge is 0.326 e. The van der Waals surface area contributed by atoms with E-state index in [-0.39, 0.29) is 19.3 Å². The lowest BCUT2D eigenvalue weighted by Gasteiger charge is -2.29. The quantitative estimate of drug-likeness (QED) is 0.0446. The van der Waals surface area contributed by atoms with E-state index in [0.717, 1.165) is 27.4 Å². The molecule has 18 nitrogen and oxygen atoms in total. The van der Waals surface area contributed by atoms with Crippen molar-refractivity contribution in [3.63, 3.8) is 0 Å². The summed E-state index contributed by atoms with van der Waals surface area (Å²) in [5.41, 5.74) is 9.82. The molecule has 5 aromatic rings. The van der Waals surface area contributed by atoms with Crippen molar-refractivity contribution in [3.8, 4) is 0 Å². The molecule has 0 aliphatic rings. The number of hydrogen-bond donors (Lipinski definition) is 11. The largest absolute Gasteiger partial charge is 0.481 e. The number of carbonyl (C=O) groups excluding carboxylic acids is 5. The number of carboxylic acid groups (broad SMARTS) is 2. The number of aromatic nitrogens is 2. The van der Waals surface area contributed by atoms with Crippen LogP contribution >= 0.6 is 0 Å². The first kappa shape index (κ1) is 47.0. The lowest BCUT2D eigenvalue weighted by Crippen LogP contribution is -2.61. The standard InChI is InChI=1S/C45H54N8O10/c1-3-25(2)39(53-43(60)37(24-54)52-40(57)31(46)20-27-22-47-32-15-9-7-13-29(27)32)44(61)50-35(19-26-11-5-4-6-12-26)42(59)49-34(17-18-38(55)56)41(58)51-36(45(62)63)21-28-23-48-33-16-10-8-14-30(28)33/h4-16,22-23,25,31,34-37,39,47-48,54H,3,17-21,24,46H2,1-2H3,(H,49,59)(H,50,61)(H,51,58)(H,52,57)(H,53,60)(H,55,56)(H,62,63)/t25-,31-,34-,35-,36-,37-,39-/m0/s1. The molecule has 334 valence electrons. The van der Waals surface area contributed by atoms with E-state index in [1.165, 1.54) is 0 Å². The molecule has 7 atom stereocenters. The van der Waals surface area contributed by atoms with Crippen LogP contribution in [-0.4, -0.2) is 110 Å². The van der Waals surface area contributed by atoms with Crippen molar-refractivity contribution in [2.45, 2.75) is 88.6 Å². The summed E-state index contributed by atoms with van der Waals surface area (Å²) in [6, 6.07) is 15.0. The molecule has 0 unspecified atom stereocenters. The van der Waals surface area contributed by atoms with Gasteiger partial charge in [-0.2, -0.15) is 0 Å². The van der Waals surface area contributed by atoms with Gasteiger partial charge >= 0.3 is 11.9 Å². The van der Waals surface area contributed by atoms with E-state index in [4.69, 9.17) is 5.73 Å². The molecule has 2 aromatic heterocycles. The Morgan fingerprint density at radius 2 is 1.11 bits per heavy atom. The number of rotatable bonds is 23. The molecular weight excluding hydrogens is 813 g/mol. The number of amides is 5. The number of H-pyrrole nitrogens is 2. The van der Waals surface area contributed by atoms with Crippen LogP contribution in [0.1, 0.15) is 49.8 Å². The van der Waals surface area contributed by atoms with E-state index in [9.17, 15) is 48.9 Å². The van der Waals surface area contributed by atoms with Crippen LogP contribution in [-0.2, 0) is 52.8 Å². The average Bonchev–Trinajstić information content (AvgIpc) is 3.88. The maximum absolute atomic E-state index is 14.1. The second kappa shape index (κ2) is 22.2. The number of nitrogens with one attached hydrogen (secondary N) is 7. The topological polar surface area (TPSA) is 298 Å². The Labute approximate surface area is 362 Å². The monoisotopic (exact) mass is 866 g/mol. The molecule has 0 spiro atoms. The molecule has 3 aromatic carbocycles. The molecule has 0 radical (unpaired) electrons. The summed E-state index contributed by atoms with van der Waals surface area (Å²) in [6.45, 7) is 2.63. The van der Waals surface area contributed by atoms with Gasteiger partial charge in [-0.25, -0.2) is 4.79 Å². The number of benzene rings is 3. The fourth-order valence-corrected chi connectivity index (χ4v) is 7.18. The first-order valence-corrected chi connectivity index (χ1v) is 20.7. The lowest BCUT2D eigenvalue weighted by molar-refractivity contribution is -0.143. The summed E-state index contributed by atoms with van der Waals surface area (Å²) >= 11 is 0. The summed E-state index contributed by atoms with van der Waals surface area (Å²) in [7, 11) is 0. The van der Waals surface area contributed by atoms with Crippen molar-refractivity contribution in [2.75, 3.05) is 6.61 Å². The summed E-state index contributed by atoms with van der Waals surface area (Å²) in [4.78, 5) is 98.9. The highest BCUT2D eigenvalue weighted by atomic mass is 16.4. The van der Waals surface area contributed by atoms with Crippen LogP contribution in [0.5, 0.6) is 0 Å². The lowest BCUT2D eigenvalue weighted by atomic mass is 9.96. The minimum Gasteiger partial charge on any atom is -0.481 e. The summed E-state index contributed by atoms with van der Waals surface area (Å²) in [5.74, 6) is -7.42. The Morgan fingerprint density at radius 3 is 1.68 bits per heavy atom. The molecule has 0 bridgehead atoms. The second-order valence-electron chi connectivity index (χ2n) is 15.5. The predicted molar refractivity (Wildman–Crippen MR) is 233 cm³/mol. The summed E-state index contributed by atoms with van der Waals surface area (Å²) in [5, 5.41) is 44.1. The van der Waals surface area contributed by atoms with Crippen molar-refractivity contribution in [3.05, 3.63) is 108 Å². The van der Waals surface area contributed by atoms with Gasteiger partial charge in [-0.15, -0.1) is 0 Å².